The fraction of sp³-hybridized carbons (Fsp3) is 0.462. The van der Waals surface area contributed by atoms with Gasteiger partial charge in [-0.25, -0.2) is 4.68 Å². The molecule has 2 aromatic rings. The van der Waals surface area contributed by atoms with Gasteiger partial charge in [-0.1, -0.05) is 11.6 Å². The molecule has 0 amide bonds. The average Bonchev–Trinajstić information content (AvgIpc) is 3.12. The molecule has 1 saturated heterocycles. The highest BCUT2D eigenvalue weighted by molar-refractivity contribution is 6.33. The zero-order valence-corrected chi connectivity index (χ0v) is 12.4. The summed E-state index contributed by atoms with van der Waals surface area (Å²) in [6.45, 7) is 1.73. The molecule has 1 aromatic carbocycles. The maximum atomic E-state index is 6.06. The van der Waals surface area contributed by atoms with E-state index in [0.717, 1.165) is 12.0 Å². The summed E-state index contributed by atoms with van der Waals surface area (Å²) in [6.07, 6.45) is 0.811. The molecule has 8 heteroatoms. The fourth-order valence-electron chi connectivity index (χ4n) is 2.40. The van der Waals surface area contributed by atoms with Gasteiger partial charge < -0.3 is 15.2 Å². The molecule has 0 radical (unpaired) electrons. The first kappa shape index (κ1) is 14.2. The molecule has 7 nitrogen and oxygen atoms in total. The highest BCUT2D eigenvalue weighted by Gasteiger charge is 2.36. The summed E-state index contributed by atoms with van der Waals surface area (Å²) in [4.78, 5) is 0. The lowest BCUT2D eigenvalue weighted by atomic mass is 10.0. The Balaban J connectivity index is 1.91. The predicted molar refractivity (Wildman–Crippen MR) is 77.9 cm³/mol. The van der Waals surface area contributed by atoms with Gasteiger partial charge in [0.2, 0.25) is 0 Å². The molecule has 1 atom stereocenters. The Morgan fingerprint density at radius 1 is 1.52 bits per heavy atom. The van der Waals surface area contributed by atoms with Gasteiger partial charge in [-0.05, 0) is 28.6 Å². The number of nitrogen functional groups attached to an aromatic ring is 1. The third kappa shape index (κ3) is 2.72. The van der Waals surface area contributed by atoms with Crippen LogP contribution in [0.2, 0.25) is 5.02 Å². The van der Waals surface area contributed by atoms with Crippen molar-refractivity contribution in [2.24, 2.45) is 0 Å². The van der Waals surface area contributed by atoms with E-state index in [2.05, 4.69) is 15.5 Å². The van der Waals surface area contributed by atoms with Crippen LogP contribution in [-0.4, -0.2) is 46.1 Å². The Kier molecular flexibility index (Phi) is 3.79. The molecule has 1 aromatic heterocycles. The van der Waals surface area contributed by atoms with Crippen molar-refractivity contribution in [2.45, 2.75) is 18.6 Å². The van der Waals surface area contributed by atoms with Crippen molar-refractivity contribution in [2.75, 3.05) is 26.1 Å². The monoisotopic (exact) mass is 309 g/mol. The summed E-state index contributed by atoms with van der Waals surface area (Å²) in [7, 11) is 1.68. The molecule has 1 aliphatic rings. The fourth-order valence-corrected chi connectivity index (χ4v) is 2.58. The van der Waals surface area contributed by atoms with Crippen molar-refractivity contribution in [1.82, 2.24) is 20.2 Å². The highest BCUT2D eigenvalue weighted by Crippen LogP contribution is 2.28. The van der Waals surface area contributed by atoms with Gasteiger partial charge in [0.1, 0.15) is 5.60 Å². The zero-order valence-electron chi connectivity index (χ0n) is 11.6. The summed E-state index contributed by atoms with van der Waals surface area (Å²) in [5.41, 5.74) is 6.68. The molecular weight excluding hydrogens is 294 g/mol. The van der Waals surface area contributed by atoms with Crippen molar-refractivity contribution in [3.8, 4) is 11.4 Å². The van der Waals surface area contributed by atoms with Gasteiger partial charge in [0.05, 0.1) is 23.9 Å². The number of hydrogen-bond acceptors (Lipinski definition) is 6. The standard InChI is InChI=1S/C13H16ClN5O2/c1-20-13(4-5-21-8-13)7-19-12(16-17-18-19)9-2-3-11(15)10(14)6-9/h2-3,6H,4-5,7-8,15H2,1H3. The van der Waals surface area contributed by atoms with E-state index < -0.39 is 0 Å². The van der Waals surface area contributed by atoms with Crippen LogP contribution in [0.1, 0.15) is 6.42 Å². The maximum absolute atomic E-state index is 6.06. The lowest BCUT2D eigenvalue weighted by molar-refractivity contribution is -0.0317. The predicted octanol–water partition coefficient (Wildman–Crippen LogP) is 1.38. The van der Waals surface area contributed by atoms with Crippen LogP contribution in [0, 0.1) is 0 Å². The van der Waals surface area contributed by atoms with Crippen molar-refractivity contribution < 1.29 is 9.47 Å². The van der Waals surface area contributed by atoms with Crippen LogP contribution in [0.4, 0.5) is 5.69 Å². The summed E-state index contributed by atoms with van der Waals surface area (Å²) in [5, 5.41) is 12.3. The Bertz CT molecular complexity index is 639. The third-order valence-corrected chi connectivity index (χ3v) is 4.06. The molecule has 2 N–H and O–H groups in total. The Morgan fingerprint density at radius 2 is 2.38 bits per heavy atom. The highest BCUT2D eigenvalue weighted by atomic mass is 35.5. The Labute approximate surface area is 127 Å². The molecule has 2 heterocycles. The van der Waals surface area contributed by atoms with Crippen molar-refractivity contribution in [1.29, 1.82) is 0 Å². The van der Waals surface area contributed by atoms with E-state index in [4.69, 9.17) is 26.8 Å². The van der Waals surface area contributed by atoms with E-state index in [-0.39, 0.29) is 5.60 Å². The Morgan fingerprint density at radius 3 is 3.05 bits per heavy atom. The second kappa shape index (κ2) is 5.59. The molecule has 112 valence electrons. The van der Waals surface area contributed by atoms with Crippen LogP contribution >= 0.6 is 11.6 Å². The molecule has 0 saturated carbocycles. The van der Waals surface area contributed by atoms with E-state index in [1.165, 1.54) is 0 Å². The first-order chi connectivity index (χ1) is 10.1. The van der Waals surface area contributed by atoms with Gasteiger partial charge >= 0.3 is 0 Å². The second-order valence-corrected chi connectivity index (χ2v) is 5.49. The number of halogens is 1. The number of benzene rings is 1. The van der Waals surface area contributed by atoms with Gasteiger partial charge in [-0.15, -0.1) is 5.10 Å². The van der Waals surface area contributed by atoms with Gasteiger partial charge in [0.25, 0.3) is 0 Å². The topological polar surface area (TPSA) is 88.1 Å². The molecule has 1 aliphatic heterocycles. The number of anilines is 1. The van der Waals surface area contributed by atoms with E-state index >= 15 is 0 Å². The smallest absolute Gasteiger partial charge is 0.182 e. The lowest BCUT2D eigenvalue weighted by Crippen LogP contribution is -2.37. The van der Waals surface area contributed by atoms with Crippen molar-refractivity contribution >= 4 is 17.3 Å². The summed E-state index contributed by atoms with van der Waals surface area (Å²) in [5.74, 6) is 0.625. The Hall–Kier alpha value is -1.70. The van der Waals surface area contributed by atoms with Crippen LogP contribution in [0.25, 0.3) is 11.4 Å². The number of nitrogens with two attached hydrogens (primary N) is 1. The quantitative estimate of drug-likeness (QED) is 0.858. The molecule has 0 spiro atoms. The van der Waals surface area contributed by atoms with Crippen molar-refractivity contribution in [3.63, 3.8) is 0 Å². The minimum atomic E-state index is -0.387. The summed E-state index contributed by atoms with van der Waals surface area (Å²) >= 11 is 6.06. The normalized spacial score (nSPS) is 21.8. The van der Waals surface area contributed by atoms with Gasteiger partial charge in [0.15, 0.2) is 5.82 Å². The van der Waals surface area contributed by atoms with E-state index in [9.17, 15) is 0 Å². The van der Waals surface area contributed by atoms with Crippen LogP contribution in [-0.2, 0) is 16.0 Å². The van der Waals surface area contributed by atoms with Crippen molar-refractivity contribution in [3.05, 3.63) is 23.2 Å². The molecule has 21 heavy (non-hydrogen) atoms. The molecule has 0 bridgehead atoms. The SMILES string of the molecule is COC1(Cn2nnnc2-c2ccc(N)c(Cl)c2)CCOC1. The number of tetrazole rings is 1. The summed E-state index contributed by atoms with van der Waals surface area (Å²) < 4.78 is 12.8. The van der Waals surface area contributed by atoms with Gasteiger partial charge in [-0.2, -0.15) is 0 Å². The molecule has 1 fully saturated rings. The molecule has 0 aliphatic carbocycles. The van der Waals surface area contributed by atoms with Crippen LogP contribution in [0.15, 0.2) is 18.2 Å². The van der Waals surface area contributed by atoms with Crippen LogP contribution in [0.3, 0.4) is 0 Å². The van der Waals surface area contributed by atoms with Crippen LogP contribution in [0.5, 0.6) is 0 Å². The van der Waals surface area contributed by atoms with E-state index in [1.54, 1.807) is 23.9 Å². The molecular formula is C13H16ClN5O2. The average molecular weight is 310 g/mol. The summed E-state index contributed by atoms with van der Waals surface area (Å²) in [6, 6.07) is 5.33. The minimum Gasteiger partial charge on any atom is -0.398 e. The lowest BCUT2D eigenvalue weighted by Gasteiger charge is -2.25. The van der Waals surface area contributed by atoms with Gasteiger partial charge in [0, 0.05) is 25.7 Å². The minimum absolute atomic E-state index is 0.387. The first-order valence-corrected chi connectivity index (χ1v) is 6.96. The van der Waals surface area contributed by atoms with E-state index in [0.29, 0.717) is 36.3 Å². The number of methoxy groups -OCH3 is 1. The van der Waals surface area contributed by atoms with Crippen LogP contribution < -0.4 is 5.73 Å². The number of nitrogens with zero attached hydrogens (tertiary/aromatic N) is 4. The molecule has 3 rings (SSSR count). The molecule has 1 unspecified atom stereocenters. The number of ether oxygens (including phenoxy) is 2. The number of rotatable bonds is 4. The number of hydrogen-bond donors (Lipinski definition) is 1. The van der Waals surface area contributed by atoms with Gasteiger partial charge in [-0.3, -0.25) is 0 Å². The largest absolute Gasteiger partial charge is 0.398 e. The number of aromatic nitrogens is 4. The van der Waals surface area contributed by atoms with E-state index in [1.807, 2.05) is 6.07 Å². The zero-order chi connectivity index (χ0) is 14.9. The second-order valence-electron chi connectivity index (χ2n) is 5.09. The third-order valence-electron chi connectivity index (χ3n) is 3.73. The first-order valence-electron chi connectivity index (χ1n) is 6.58. The maximum Gasteiger partial charge on any atom is 0.182 e.